The lowest BCUT2D eigenvalue weighted by atomic mass is 10.1. The van der Waals surface area contributed by atoms with Crippen molar-refractivity contribution in [2.45, 2.75) is 13.0 Å². The minimum absolute atomic E-state index is 0.250. The Morgan fingerprint density at radius 3 is 2.68 bits per heavy atom. The Morgan fingerprint density at radius 2 is 1.89 bits per heavy atom. The number of aromatic amines is 1. The van der Waals surface area contributed by atoms with Gasteiger partial charge >= 0.3 is 0 Å². The molecule has 192 valence electrons. The van der Waals surface area contributed by atoms with E-state index in [2.05, 4.69) is 25.8 Å². The second-order valence-electron chi connectivity index (χ2n) is 8.80. The summed E-state index contributed by atoms with van der Waals surface area (Å²) in [5.74, 6) is -0.0702. The van der Waals surface area contributed by atoms with Gasteiger partial charge in [0.05, 0.1) is 22.6 Å². The van der Waals surface area contributed by atoms with Gasteiger partial charge in [0.25, 0.3) is 11.8 Å². The van der Waals surface area contributed by atoms with E-state index in [0.29, 0.717) is 31.5 Å². The van der Waals surface area contributed by atoms with E-state index in [1.165, 1.54) is 11.3 Å². The lowest BCUT2D eigenvalue weighted by molar-refractivity contribution is 0.0954. The van der Waals surface area contributed by atoms with Crippen LogP contribution in [0, 0.1) is 0 Å². The first-order chi connectivity index (χ1) is 18.0. The molecule has 2 aromatic carbocycles. The molecule has 11 heteroatoms. The number of nitrogens with zero attached hydrogens (tertiary/aromatic N) is 3. The average Bonchev–Trinajstić information content (AvgIpc) is 3.38. The number of ether oxygens (including phenoxy) is 1. The Morgan fingerprint density at radius 1 is 1.11 bits per heavy atom. The van der Waals surface area contributed by atoms with Gasteiger partial charge in [0, 0.05) is 43.9 Å². The monoisotopic (exact) mass is 538 g/mol. The largest absolute Gasteiger partial charge is 0.380 e. The molecule has 2 aromatic heterocycles. The molecule has 37 heavy (non-hydrogen) atoms. The van der Waals surface area contributed by atoms with Crippen LogP contribution in [0.1, 0.15) is 32.0 Å². The van der Waals surface area contributed by atoms with Gasteiger partial charge in [-0.3, -0.25) is 30.0 Å². The molecule has 1 aliphatic heterocycles. The second kappa shape index (κ2) is 11.3. The number of fused-ring (bicyclic) bond motifs is 1. The van der Waals surface area contributed by atoms with E-state index in [-0.39, 0.29) is 11.8 Å². The third kappa shape index (κ3) is 6.11. The fourth-order valence-electron chi connectivity index (χ4n) is 4.12. The number of aromatic nitrogens is 2. The number of anilines is 2. The summed E-state index contributed by atoms with van der Waals surface area (Å²) in [6.07, 6.45) is 1.03. The van der Waals surface area contributed by atoms with Crippen molar-refractivity contribution in [2.75, 3.05) is 43.7 Å². The van der Waals surface area contributed by atoms with Gasteiger partial charge in [0.2, 0.25) is 0 Å². The minimum Gasteiger partial charge on any atom is -0.380 e. The van der Waals surface area contributed by atoms with E-state index in [0.717, 1.165) is 50.5 Å². The van der Waals surface area contributed by atoms with Crippen molar-refractivity contribution in [3.63, 3.8) is 0 Å². The number of benzene rings is 2. The molecule has 0 unspecified atom stereocenters. The highest BCUT2D eigenvalue weighted by Crippen LogP contribution is 2.29. The molecule has 0 aliphatic carbocycles. The zero-order valence-electron chi connectivity index (χ0n) is 20.3. The maximum atomic E-state index is 12.9. The Balaban J connectivity index is 1.22. The summed E-state index contributed by atoms with van der Waals surface area (Å²) in [7, 11) is 1.75. The van der Waals surface area contributed by atoms with Gasteiger partial charge in [0.1, 0.15) is 10.6 Å². The van der Waals surface area contributed by atoms with Gasteiger partial charge in [-0.05, 0) is 54.4 Å². The van der Waals surface area contributed by atoms with Gasteiger partial charge in [-0.25, -0.2) is 0 Å². The third-order valence-corrected chi connectivity index (χ3v) is 7.41. The summed E-state index contributed by atoms with van der Waals surface area (Å²) < 4.78 is 5.52. The van der Waals surface area contributed by atoms with Crippen molar-refractivity contribution in [1.29, 1.82) is 0 Å². The van der Waals surface area contributed by atoms with E-state index in [9.17, 15) is 9.59 Å². The topological polar surface area (TPSA) is 103 Å². The summed E-state index contributed by atoms with van der Waals surface area (Å²) in [5.41, 5.74) is 5.32. The van der Waals surface area contributed by atoms with Gasteiger partial charge in [0.15, 0.2) is 0 Å². The molecule has 1 aliphatic rings. The molecule has 5 rings (SSSR count). The number of thiophene rings is 1. The van der Waals surface area contributed by atoms with E-state index in [1.54, 1.807) is 30.3 Å². The highest BCUT2D eigenvalue weighted by Gasteiger charge is 2.18. The van der Waals surface area contributed by atoms with E-state index < -0.39 is 0 Å². The van der Waals surface area contributed by atoms with Crippen molar-refractivity contribution in [2.24, 2.45) is 0 Å². The fraction of sp³-hybridized carbons (Fsp3) is 0.269. The number of carbonyl (C=O) groups excluding carboxylic acids is 2. The number of halogens is 1. The van der Waals surface area contributed by atoms with Crippen LogP contribution in [0.3, 0.4) is 0 Å². The van der Waals surface area contributed by atoms with Crippen LogP contribution in [0.15, 0.2) is 54.6 Å². The molecule has 4 aromatic rings. The predicted octanol–water partition coefficient (Wildman–Crippen LogP) is 4.53. The van der Waals surface area contributed by atoms with Crippen LogP contribution >= 0.6 is 22.9 Å². The van der Waals surface area contributed by atoms with Crippen molar-refractivity contribution >= 4 is 56.5 Å². The minimum atomic E-state index is -0.274. The molecule has 1 fully saturated rings. The van der Waals surface area contributed by atoms with E-state index in [1.807, 2.05) is 36.4 Å². The summed E-state index contributed by atoms with van der Waals surface area (Å²) in [4.78, 5) is 29.2. The molecule has 0 saturated carbocycles. The van der Waals surface area contributed by atoms with Gasteiger partial charge in [-0.1, -0.05) is 23.7 Å². The average molecular weight is 539 g/mol. The van der Waals surface area contributed by atoms with Crippen LogP contribution in [0.2, 0.25) is 5.02 Å². The van der Waals surface area contributed by atoms with Crippen LogP contribution < -0.4 is 15.8 Å². The molecule has 3 N–H and O–H groups in total. The highest BCUT2D eigenvalue weighted by molar-refractivity contribution is 7.20. The maximum Gasteiger partial charge on any atom is 0.279 e. The molecular weight excluding hydrogens is 512 g/mol. The number of H-pyrrole nitrogens is 1. The number of rotatable bonds is 7. The standard InChI is InChI=1S/C26H27ClN6O3S/c1-32(20-9-7-19(27)8-10-20)31-25(35)22-15-21-23(29-30-26(21)37-22)28-24(34)18-5-3-17(4-6-18)16-33-11-2-13-36-14-12-33/h3-10,15H,2,11-14,16H2,1H3,(H,31,35)(H2,28,29,30,34). The number of carbonyl (C=O) groups is 2. The number of nitrogens with one attached hydrogen (secondary N) is 3. The van der Waals surface area contributed by atoms with Crippen LogP contribution in [0.4, 0.5) is 11.5 Å². The van der Waals surface area contributed by atoms with E-state index >= 15 is 0 Å². The van der Waals surface area contributed by atoms with Crippen molar-refractivity contribution in [3.8, 4) is 0 Å². The lowest BCUT2D eigenvalue weighted by Gasteiger charge is -2.19. The molecular formula is C26H27ClN6O3S. The molecule has 0 spiro atoms. The van der Waals surface area contributed by atoms with Crippen LogP contribution in [-0.2, 0) is 11.3 Å². The van der Waals surface area contributed by atoms with Crippen molar-refractivity contribution in [3.05, 3.63) is 75.6 Å². The molecule has 9 nitrogen and oxygen atoms in total. The number of amides is 2. The third-order valence-electron chi connectivity index (χ3n) is 6.13. The first-order valence-corrected chi connectivity index (χ1v) is 13.1. The Kier molecular flexibility index (Phi) is 7.71. The zero-order chi connectivity index (χ0) is 25.8. The van der Waals surface area contributed by atoms with Crippen molar-refractivity contribution < 1.29 is 14.3 Å². The van der Waals surface area contributed by atoms with Crippen LogP contribution in [0.5, 0.6) is 0 Å². The van der Waals surface area contributed by atoms with Crippen LogP contribution in [0.25, 0.3) is 10.2 Å². The quantitative estimate of drug-likeness (QED) is 0.299. The summed E-state index contributed by atoms with van der Waals surface area (Å²) >= 11 is 7.18. The predicted molar refractivity (Wildman–Crippen MR) is 146 cm³/mol. The molecule has 0 atom stereocenters. The number of hydrogen-bond donors (Lipinski definition) is 3. The van der Waals surface area contributed by atoms with E-state index in [4.69, 9.17) is 16.3 Å². The molecule has 2 amide bonds. The first-order valence-electron chi connectivity index (χ1n) is 11.9. The molecule has 1 saturated heterocycles. The van der Waals surface area contributed by atoms with Gasteiger partial charge < -0.3 is 10.1 Å². The van der Waals surface area contributed by atoms with Gasteiger partial charge in [-0.15, -0.1) is 11.3 Å². The normalized spacial score (nSPS) is 14.3. The maximum absolute atomic E-state index is 12.9. The first kappa shape index (κ1) is 25.2. The summed E-state index contributed by atoms with van der Waals surface area (Å²) in [5, 5.41) is 12.9. The molecule has 0 bridgehead atoms. The Bertz CT molecular complexity index is 1380. The summed E-state index contributed by atoms with van der Waals surface area (Å²) in [6, 6.07) is 16.5. The zero-order valence-corrected chi connectivity index (χ0v) is 21.9. The highest BCUT2D eigenvalue weighted by atomic mass is 35.5. The second-order valence-corrected chi connectivity index (χ2v) is 10.3. The number of hydrogen-bond acceptors (Lipinski definition) is 7. The SMILES string of the molecule is CN(NC(=O)c1cc2c(NC(=O)c3ccc(CN4CCCOCC4)cc3)[nH]nc2s1)c1ccc(Cl)cc1. The summed E-state index contributed by atoms with van der Waals surface area (Å²) in [6.45, 7) is 4.32. The lowest BCUT2D eigenvalue weighted by Crippen LogP contribution is -2.38. The van der Waals surface area contributed by atoms with Crippen LogP contribution in [-0.4, -0.2) is 60.3 Å². The smallest absolute Gasteiger partial charge is 0.279 e. The molecule has 3 heterocycles. The van der Waals surface area contributed by atoms with Crippen molar-refractivity contribution in [1.82, 2.24) is 20.5 Å². The number of hydrazine groups is 1. The van der Waals surface area contributed by atoms with Gasteiger partial charge in [-0.2, -0.15) is 5.10 Å². The Hall–Kier alpha value is -3.44. The fourth-order valence-corrected chi connectivity index (χ4v) is 5.13. The Labute approximate surface area is 223 Å². The molecule has 0 radical (unpaired) electrons.